The molecule has 9 heteroatoms. The van der Waals surface area contributed by atoms with Gasteiger partial charge in [0.15, 0.2) is 0 Å². The minimum Gasteiger partial charge on any atom is -0.463 e. The number of nitrogens with zero attached hydrogens (tertiary/aromatic N) is 3. The minimum atomic E-state index is -0.612. The van der Waals surface area contributed by atoms with E-state index in [2.05, 4.69) is 10.2 Å². The number of rotatable bonds is 6. The number of amides is 3. The zero-order valence-electron chi connectivity index (χ0n) is 21.7. The molecule has 0 unspecified atom stereocenters. The van der Waals surface area contributed by atoms with Crippen LogP contribution in [0.3, 0.4) is 0 Å². The van der Waals surface area contributed by atoms with Crippen molar-refractivity contribution in [1.29, 1.82) is 0 Å². The van der Waals surface area contributed by atoms with Crippen LogP contribution in [0.15, 0.2) is 59.8 Å². The topological polar surface area (TPSA) is 82.2 Å². The summed E-state index contributed by atoms with van der Waals surface area (Å²) < 4.78 is 5.45. The molecule has 2 aromatic carbocycles. The van der Waals surface area contributed by atoms with Gasteiger partial charge in [0.05, 0.1) is 28.8 Å². The Labute approximate surface area is 222 Å². The lowest BCUT2D eigenvalue weighted by Crippen LogP contribution is -2.56. The average molecular weight is 525 g/mol. The summed E-state index contributed by atoms with van der Waals surface area (Å²) in [6.45, 7) is 8.00. The van der Waals surface area contributed by atoms with E-state index in [4.69, 9.17) is 16.3 Å². The molecule has 4 rings (SSSR count). The van der Waals surface area contributed by atoms with E-state index in [0.717, 1.165) is 11.1 Å². The van der Waals surface area contributed by atoms with Crippen molar-refractivity contribution in [3.8, 4) is 0 Å². The first kappa shape index (κ1) is 26.7. The van der Waals surface area contributed by atoms with Crippen LogP contribution in [0.4, 0.5) is 4.79 Å². The van der Waals surface area contributed by atoms with Crippen molar-refractivity contribution in [1.82, 2.24) is 20.0 Å². The van der Waals surface area contributed by atoms with Gasteiger partial charge in [0.25, 0.3) is 5.91 Å². The number of likely N-dealkylation sites (N-methyl/N-ethyl adjacent to an activating group) is 1. The molecule has 0 radical (unpaired) electrons. The van der Waals surface area contributed by atoms with E-state index in [0.29, 0.717) is 48.0 Å². The van der Waals surface area contributed by atoms with E-state index < -0.39 is 12.0 Å². The smallest absolute Gasteiger partial charge is 0.338 e. The summed E-state index contributed by atoms with van der Waals surface area (Å²) in [4.78, 5) is 44.9. The van der Waals surface area contributed by atoms with E-state index in [1.54, 1.807) is 38.2 Å². The molecule has 2 aliphatic rings. The molecule has 0 aromatic heterocycles. The number of nitrogens with one attached hydrogen (secondary N) is 1. The second-order valence-corrected chi connectivity index (χ2v) is 9.85. The molecule has 1 fully saturated rings. The van der Waals surface area contributed by atoms with Crippen LogP contribution in [0, 0.1) is 6.92 Å². The molecule has 2 heterocycles. The molecule has 0 spiro atoms. The first-order chi connectivity index (χ1) is 17.7. The van der Waals surface area contributed by atoms with Crippen LogP contribution >= 0.6 is 11.6 Å². The zero-order chi connectivity index (χ0) is 26.7. The van der Waals surface area contributed by atoms with E-state index in [-0.39, 0.29) is 24.6 Å². The van der Waals surface area contributed by atoms with Crippen LogP contribution in [0.2, 0.25) is 5.02 Å². The summed E-state index contributed by atoms with van der Waals surface area (Å²) in [6.07, 6.45) is 0. The first-order valence-electron chi connectivity index (χ1n) is 12.5. The third-order valence-corrected chi connectivity index (χ3v) is 7.35. The number of piperazine rings is 1. The summed E-state index contributed by atoms with van der Waals surface area (Å²) >= 11 is 6.27. The molecule has 0 saturated carbocycles. The number of esters is 1. The Morgan fingerprint density at radius 2 is 1.81 bits per heavy atom. The fourth-order valence-electron chi connectivity index (χ4n) is 5.02. The van der Waals surface area contributed by atoms with Crippen LogP contribution in [-0.4, -0.2) is 78.5 Å². The molecule has 1 saturated heterocycles. The molecule has 1 N–H and O–H groups in total. The Morgan fingerprint density at radius 3 is 2.49 bits per heavy atom. The van der Waals surface area contributed by atoms with Crippen molar-refractivity contribution >= 4 is 29.5 Å². The number of aryl methyl sites for hydroxylation is 1. The van der Waals surface area contributed by atoms with E-state index >= 15 is 0 Å². The van der Waals surface area contributed by atoms with Gasteiger partial charge in [0, 0.05) is 45.0 Å². The summed E-state index contributed by atoms with van der Waals surface area (Å²) in [7, 11) is 1.67. The van der Waals surface area contributed by atoms with Gasteiger partial charge in [-0.25, -0.2) is 9.59 Å². The highest BCUT2D eigenvalue weighted by Gasteiger charge is 2.39. The summed E-state index contributed by atoms with van der Waals surface area (Å²) in [5, 5.41) is 3.41. The van der Waals surface area contributed by atoms with Gasteiger partial charge in [-0.05, 0) is 44.0 Å². The zero-order valence-corrected chi connectivity index (χ0v) is 22.4. The maximum atomic E-state index is 13.2. The van der Waals surface area contributed by atoms with Gasteiger partial charge in [0.1, 0.15) is 0 Å². The predicted octanol–water partition coefficient (Wildman–Crippen LogP) is 4.01. The quantitative estimate of drug-likeness (QED) is 0.577. The Hall–Kier alpha value is -3.36. The molecule has 3 amide bonds. The number of hydrogen-bond donors (Lipinski definition) is 1. The van der Waals surface area contributed by atoms with Gasteiger partial charge >= 0.3 is 12.0 Å². The van der Waals surface area contributed by atoms with E-state index in [1.165, 1.54) is 4.90 Å². The van der Waals surface area contributed by atoms with Crippen LogP contribution in [-0.2, 0) is 9.53 Å². The highest BCUT2D eigenvalue weighted by molar-refractivity contribution is 6.33. The Morgan fingerprint density at radius 1 is 1.11 bits per heavy atom. The summed E-state index contributed by atoms with van der Waals surface area (Å²) in [6, 6.07) is 13.8. The van der Waals surface area contributed by atoms with Gasteiger partial charge in [-0.3, -0.25) is 14.6 Å². The number of ether oxygens (including phenoxy) is 1. The predicted molar refractivity (Wildman–Crippen MR) is 142 cm³/mol. The van der Waals surface area contributed by atoms with Crippen molar-refractivity contribution < 1.29 is 19.1 Å². The van der Waals surface area contributed by atoms with Gasteiger partial charge in [-0.1, -0.05) is 48.0 Å². The van der Waals surface area contributed by atoms with Crippen molar-refractivity contribution in [2.75, 3.05) is 39.8 Å². The van der Waals surface area contributed by atoms with Crippen LogP contribution in [0.5, 0.6) is 0 Å². The van der Waals surface area contributed by atoms with Gasteiger partial charge < -0.3 is 15.0 Å². The normalized spacial score (nSPS) is 20.6. The van der Waals surface area contributed by atoms with Crippen molar-refractivity contribution in [3.63, 3.8) is 0 Å². The molecule has 0 aliphatic carbocycles. The molecule has 8 nitrogen and oxygen atoms in total. The first-order valence-corrected chi connectivity index (χ1v) is 12.9. The van der Waals surface area contributed by atoms with Crippen molar-refractivity contribution in [2.45, 2.75) is 32.9 Å². The number of carbonyl (C=O) groups excluding carboxylic acids is 3. The van der Waals surface area contributed by atoms with Crippen LogP contribution < -0.4 is 5.32 Å². The molecule has 37 heavy (non-hydrogen) atoms. The fourth-order valence-corrected chi connectivity index (χ4v) is 5.24. The Bertz CT molecular complexity index is 1230. The summed E-state index contributed by atoms with van der Waals surface area (Å²) in [5.41, 5.74) is 3.35. The van der Waals surface area contributed by atoms with Crippen LogP contribution in [0.1, 0.15) is 41.4 Å². The molecule has 196 valence electrons. The van der Waals surface area contributed by atoms with E-state index in [9.17, 15) is 14.4 Å². The molecule has 2 atom stereocenters. The molecular formula is C28H33ClN4O4. The highest BCUT2D eigenvalue weighted by atomic mass is 35.5. The molecular weight excluding hydrogens is 492 g/mol. The number of benzene rings is 2. The van der Waals surface area contributed by atoms with E-state index in [1.807, 2.05) is 43.0 Å². The third-order valence-electron chi connectivity index (χ3n) is 7.02. The SMILES string of the molecule is CCOC(=O)C1=C(CN2CCN(C(=O)c3ccccc3Cl)[C@@H](C)C2)N(C)C(=O)N[C@@H]1c1ccccc1C. The van der Waals surface area contributed by atoms with Crippen LogP contribution in [0.25, 0.3) is 0 Å². The fraction of sp³-hybridized carbons (Fsp3) is 0.393. The monoisotopic (exact) mass is 524 g/mol. The largest absolute Gasteiger partial charge is 0.463 e. The van der Waals surface area contributed by atoms with Crippen molar-refractivity contribution in [3.05, 3.63) is 81.5 Å². The van der Waals surface area contributed by atoms with Gasteiger partial charge in [-0.15, -0.1) is 0 Å². The molecule has 2 aromatic rings. The lowest BCUT2D eigenvalue weighted by atomic mass is 9.91. The highest BCUT2D eigenvalue weighted by Crippen LogP contribution is 2.33. The number of carbonyl (C=O) groups is 3. The second kappa shape index (κ2) is 11.4. The molecule has 2 aliphatic heterocycles. The van der Waals surface area contributed by atoms with Crippen molar-refractivity contribution in [2.24, 2.45) is 0 Å². The Balaban J connectivity index is 1.62. The second-order valence-electron chi connectivity index (χ2n) is 9.44. The maximum Gasteiger partial charge on any atom is 0.338 e. The number of halogens is 1. The lowest BCUT2D eigenvalue weighted by molar-refractivity contribution is -0.139. The average Bonchev–Trinajstić information content (AvgIpc) is 2.87. The Kier molecular flexibility index (Phi) is 8.19. The number of urea groups is 1. The third kappa shape index (κ3) is 5.50. The maximum absolute atomic E-state index is 13.2. The van der Waals surface area contributed by atoms with Gasteiger partial charge in [0.2, 0.25) is 0 Å². The van der Waals surface area contributed by atoms with Gasteiger partial charge in [-0.2, -0.15) is 0 Å². The molecule has 0 bridgehead atoms. The summed E-state index contributed by atoms with van der Waals surface area (Å²) in [5.74, 6) is -0.545. The minimum absolute atomic E-state index is 0.0842. The standard InChI is InChI=1S/C28H33ClN4O4/c1-5-37-27(35)24-23(31(4)28(36)30-25(24)20-11-7-6-10-18(20)2)17-32-14-15-33(19(3)16-32)26(34)21-12-8-9-13-22(21)29/h6-13,19,25H,5,14-17H2,1-4H3,(H,30,36)/t19-,25+/m0/s1. The lowest BCUT2D eigenvalue weighted by Gasteiger charge is -2.42. The number of hydrogen-bond acceptors (Lipinski definition) is 5.